The molecule has 0 aromatic heterocycles. The van der Waals surface area contributed by atoms with Crippen molar-refractivity contribution in [1.82, 2.24) is 0 Å². The van der Waals surface area contributed by atoms with Gasteiger partial charge in [0.05, 0.1) is 32.5 Å². The van der Waals surface area contributed by atoms with Crippen molar-refractivity contribution in [3.8, 4) is 0 Å². The summed E-state index contributed by atoms with van der Waals surface area (Å²) in [4.78, 5) is 41.0. The average molecular weight is 1410 g/mol. The molecule has 12 saturated carbocycles. The predicted molar refractivity (Wildman–Crippen MR) is 398 cm³/mol. The van der Waals surface area contributed by atoms with Crippen LogP contribution in [-0.4, -0.2) is 30.3 Å². The van der Waals surface area contributed by atoms with Crippen LogP contribution in [-0.2, 0) is 14.4 Å². The summed E-state index contributed by atoms with van der Waals surface area (Å²) in [7, 11) is 0. The summed E-state index contributed by atoms with van der Waals surface area (Å²) in [6, 6.07) is 0. The Hall–Kier alpha value is 0.750. The zero-order chi connectivity index (χ0) is 66.3. The van der Waals surface area contributed by atoms with E-state index in [0.29, 0.717) is 23.3 Å². The van der Waals surface area contributed by atoms with Crippen molar-refractivity contribution < 1.29 is 14.4 Å². The predicted octanol–water partition coefficient (Wildman–Crippen LogP) is 27.8. The number of unbranched alkanes of at least 4 members (excludes halogenated alkanes) is 10. The molecule has 12 fully saturated rings. The molecular formula is C84H138Cl6O3. The van der Waals surface area contributed by atoms with Gasteiger partial charge in [0.25, 0.3) is 0 Å². The molecule has 3 nitrogen and oxygen atoms in total. The number of carbonyl (C=O) groups excluding carboxylic acids is 3. The van der Waals surface area contributed by atoms with Gasteiger partial charge in [0.15, 0.2) is 17.3 Å². The molecule has 0 amide bonds. The number of hydrogen-bond acceptors (Lipinski definition) is 3. The van der Waals surface area contributed by atoms with Gasteiger partial charge in [-0.15, -0.1) is 0 Å². The molecule has 0 heterocycles. The van der Waals surface area contributed by atoms with Crippen molar-refractivity contribution in [3.63, 3.8) is 0 Å². The van der Waals surface area contributed by atoms with Crippen molar-refractivity contribution >= 4 is 87.0 Å². The number of halogens is 6. The smallest absolute Gasteiger partial charge is 0.151 e. The molecular weight excluding hydrogens is 1270 g/mol. The van der Waals surface area contributed by atoms with E-state index in [1.54, 1.807) is 0 Å². The van der Waals surface area contributed by atoms with Crippen molar-refractivity contribution in [2.24, 2.45) is 104 Å². The number of Topliss-reactive ketones (excluding diaryl/α,β-unsaturated/α-hetero) is 3. The van der Waals surface area contributed by atoms with Crippen molar-refractivity contribution in [1.29, 1.82) is 0 Å². The lowest BCUT2D eigenvalue weighted by Crippen LogP contribution is -2.74. The van der Waals surface area contributed by atoms with E-state index < -0.39 is 45.5 Å². The molecule has 12 aliphatic rings. The van der Waals surface area contributed by atoms with Crippen LogP contribution in [0.1, 0.15) is 388 Å². The monoisotopic (exact) mass is 1400 g/mol. The first-order valence-electron chi connectivity index (χ1n) is 41.4. The van der Waals surface area contributed by atoms with Crippen LogP contribution in [0.15, 0.2) is 0 Å². The lowest BCUT2D eigenvalue weighted by molar-refractivity contribution is -0.173. The Bertz CT molecular complexity index is 2320. The summed E-state index contributed by atoms with van der Waals surface area (Å²) >= 11 is 42.9. The number of carbonyl (C=O) groups is 3. The average Bonchev–Trinajstić information content (AvgIpc) is 0.683. The molecule has 12 rings (SSSR count). The van der Waals surface area contributed by atoms with Gasteiger partial charge in [-0.2, -0.15) is 0 Å². The first kappa shape index (κ1) is 76.4. The summed E-state index contributed by atoms with van der Waals surface area (Å²) in [5, 5.41) is 0. The van der Waals surface area contributed by atoms with E-state index >= 15 is 0 Å². The largest absolute Gasteiger partial charge is 0.298 e. The third-order valence-corrected chi connectivity index (χ3v) is 35.4. The van der Waals surface area contributed by atoms with Crippen LogP contribution in [0.4, 0.5) is 0 Å². The molecule has 0 atom stereocenters. The molecule has 0 saturated heterocycles. The molecule has 0 N–H and O–H groups in total. The van der Waals surface area contributed by atoms with Gasteiger partial charge in [-0.05, 0) is 264 Å². The van der Waals surface area contributed by atoms with Gasteiger partial charge in [-0.25, -0.2) is 0 Å². The quantitative estimate of drug-likeness (QED) is 0.0850. The summed E-state index contributed by atoms with van der Waals surface area (Å²) in [6.07, 6.45) is 66.8. The highest BCUT2D eigenvalue weighted by Crippen LogP contribution is 2.78. The Morgan fingerprint density at radius 3 is 0.753 bits per heavy atom. The highest BCUT2D eigenvalue weighted by molar-refractivity contribution is 6.56. The third kappa shape index (κ3) is 14.9. The fraction of sp³-hybridized carbons (Fsp3) is 0.964. The van der Waals surface area contributed by atoms with Gasteiger partial charge >= 0.3 is 0 Å². The molecule has 9 heteroatoms. The fourth-order valence-corrected chi connectivity index (χ4v) is 27.8. The van der Waals surface area contributed by atoms with E-state index in [1.807, 2.05) is 0 Å². The molecule has 0 aromatic carbocycles. The maximum absolute atomic E-state index is 13.9. The van der Waals surface area contributed by atoms with Crippen molar-refractivity contribution in [2.45, 2.75) is 401 Å². The number of ketones is 3. The summed E-state index contributed by atoms with van der Waals surface area (Å²) in [6.45, 7) is 13.8. The zero-order valence-corrected chi connectivity index (χ0v) is 65.1. The minimum Gasteiger partial charge on any atom is -0.298 e. The van der Waals surface area contributed by atoms with E-state index in [0.717, 1.165) is 181 Å². The minimum atomic E-state index is -0.830. The molecule has 0 aliphatic heterocycles. The Balaban J connectivity index is 0.000000155. The Morgan fingerprint density at radius 2 is 0.462 bits per heavy atom. The maximum atomic E-state index is 13.9. The van der Waals surface area contributed by atoms with Gasteiger partial charge < -0.3 is 0 Å². The minimum absolute atomic E-state index is 0.423. The maximum Gasteiger partial charge on any atom is 0.151 e. The van der Waals surface area contributed by atoms with Crippen LogP contribution in [0, 0.1) is 104 Å². The Morgan fingerprint density at radius 1 is 0.247 bits per heavy atom. The third-order valence-electron chi connectivity index (χ3n) is 31.1. The summed E-state index contributed by atoms with van der Waals surface area (Å²) in [5.74, 6) is 11.5. The molecule has 0 radical (unpaired) electrons. The molecule has 93 heavy (non-hydrogen) atoms. The van der Waals surface area contributed by atoms with E-state index in [4.69, 9.17) is 69.6 Å². The van der Waals surface area contributed by atoms with Crippen LogP contribution < -0.4 is 0 Å². The highest BCUT2D eigenvalue weighted by atomic mass is 35.5. The standard InChI is InChI=1S/C34H58Cl2O.C26H42Cl2O.C24H38Cl2O/c1-3-5-7-9-11-13-27-15-17-29(18-16-27)30-21-25-33(26-22-30)31(37)32(34(33,35)36)23-19-28(20-24-32)14-12-10-8-6-4-2;1-3-4-5-6-20-7-9-21(10-8-20)22-13-17-25(18-14-22)23(29)24(26(25,27)28)15-11-19(2)12-16-24;1-3-4-18-9-13-22(14-10-18)21(27)23(24(22,25)26)15-11-20(12-16-23)19-7-5-17(2)6-8-19/h27-30H,3-26H2,1-2H3;19-22H,3-18H2,1-2H3;17-20H,3-16H2,1-2H3/t27?,28-,29?,30?,32+,33?;19-,20?,21?,22?,24+,25?;17-,18-,19-,20-,22+,23+. The van der Waals surface area contributed by atoms with Gasteiger partial charge in [-0.1, -0.05) is 265 Å². The highest BCUT2D eigenvalue weighted by Gasteiger charge is 2.81. The van der Waals surface area contributed by atoms with Gasteiger partial charge in [0.1, 0.15) is 13.0 Å². The Kier molecular flexibility index (Phi) is 27.1. The number of alkyl halides is 6. The van der Waals surface area contributed by atoms with Crippen LogP contribution in [0.2, 0.25) is 0 Å². The van der Waals surface area contributed by atoms with Crippen LogP contribution in [0.5, 0.6) is 0 Å². The first-order valence-corrected chi connectivity index (χ1v) is 43.7. The van der Waals surface area contributed by atoms with E-state index in [-0.39, 0.29) is 0 Å². The second-order valence-corrected chi connectivity index (χ2v) is 40.0. The molecule has 6 spiro atoms. The molecule has 0 aromatic rings. The van der Waals surface area contributed by atoms with Crippen LogP contribution in [0.25, 0.3) is 0 Å². The lowest BCUT2D eigenvalue weighted by Gasteiger charge is -2.67. The normalized spacial score (nSPS) is 42.6. The van der Waals surface area contributed by atoms with E-state index in [9.17, 15) is 14.4 Å². The summed E-state index contributed by atoms with van der Waals surface area (Å²) < 4.78 is -2.47. The molecule has 534 valence electrons. The second kappa shape index (κ2) is 33.0. The van der Waals surface area contributed by atoms with E-state index in [1.165, 1.54) is 231 Å². The molecule has 0 unspecified atom stereocenters. The first-order chi connectivity index (χ1) is 44.6. The topological polar surface area (TPSA) is 51.2 Å². The molecule has 0 bridgehead atoms. The summed E-state index contributed by atoms with van der Waals surface area (Å²) in [5.41, 5.74) is -2.57. The molecule has 12 aliphatic carbocycles. The Labute approximate surface area is 601 Å². The lowest BCUT2D eigenvalue weighted by atomic mass is 9.42. The number of rotatable bonds is 21. The zero-order valence-electron chi connectivity index (χ0n) is 60.6. The SMILES string of the molecule is CCCCCC1CCC(C2CCC3(CC2)C(=O)[C@]2(CC[C@H](C)CC2)C3(Cl)Cl)CC1.CCCCCCCC1CCC(C2CCC3(CC2)C(=O)[C@]2(CC[C@H](CCCCCCC)CC2)C3(Cl)Cl)CC1.CCC[C@H]1CC[C@@]2(CC1)C(=O)[C@]1(CC[C@H]([C@H]3CC[C@H](C)CC3)CC1)C2(Cl)Cl. The second-order valence-electron chi connectivity index (χ2n) is 36.1. The van der Waals surface area contributed by atoms with Gasteiger partial charge in [0.2, 0.25) is 0 Å². The fourth-order valence-electron chi connectivity index (χ4n) is 24.5. The van der Waals surface area contributed by atoms with Crippen molar-refractivity contribution in [2.75, 3.05) is 0 Å². The van der Waals surface area contributed by atoms with Crippen LogP contribution >= 0.6 is 69.6 Å². The van der Waals surface area contributed by atoms with Gasteiger partial charge in [-0.3, -0.25) is 14.4 Å². The number of hydrogen-bond donors (Lipinski definition) is 0. The van der Waals surface area contributed by atoms with E-state index in [2.05, 4.69) is 41.5 Å². The van der Waals surface area contributed by atoms with Crippen LogP contribution in [0.3, 0.4) is 0 Å². The van der Waals surface area contributed by atoms with Crippen molar-refractivity contribution in [3.05, 3.63) is 0 Å². The van der Waals surface area contributed by atoms with Gasteiger partial charge in [0, 0.05) is 0 Å².